The van der Waals surface area contributed by atoms with Crippen molar-refractivity contribution in [1.29, 1.82) is 0 Å². The summed E-state index contributed by atoms with van der Waals surface area (Å²) in [5.41, 5.74) is 0.208. The first kappa shape index (κ1) is 20.5. The summed E-state index contributed by atoms with van der Waals surface area (Å²) in [4.78, 5) is 35.7. The Morgan fingerprint density at radius 1 is 1.19 bits per heavy atom. The Kier molecular flexibility index (Phi) is 5.92. The van der Waals surface area contributed by atoms with Crippen LogP contribution in [-0.2, 0) is 28.8 Å². The molecular formula is C18H19F3N2O4. The Balaban J connectivity index is 2.05. The number of esters is 1. The summed E-state index contributed by atoms with van der Waals surface area (Å²) in [5, 5.41) is 0. The Labute approximate surface area is 153 Å². The molecule has 0 bridgehead atoms. The maximum Gasteiger partial charge on any atom is 0.417 e. The smallest absolute Gasteiger partial charge is 0.417 e. The van der Waals surface area contributed by atoms with Crippen molar-refractivity contribution in [2.45, 2.75) is 40.0 Å². The van der Waals surface area contributed by atoms with Crippen LogP contribution in [0, 0.1) is 13.8 Å². The van der Waals surface area contributed by atoms with Gasteiger partial charge in [-0.15, -0.1) is 0 Å². The van der Waals surface area contributed by atoms with Gasteiger partial charge in [-0.1, -0.05) is 0 Å². The Hall–Kier alpha value is -2.84. The minimum atomic E-state index is -4.64. The quantitative estimate of drug-likeness (QED) is 0.567. The van der Waals surface area contributed by atoms with Crippen molar-refractivity contribution in [3.63, 3.8) is 0 Å². The molecule has 2 aromatic rings. The number of alkyl halides is 3. The average Bonchev–Trinajstić information content (AvgIpc) is 2.87. The number of aryl methyl sites for hydroxylation is 1. The van der Waals surface area contributed by atoms with Crippen LogP contribution in [0.15, 0.2) is 29.2 Å². The number of halogens is 3. The fourth-order valence-electron chi connectivity index (χ4n) is 2.80. The van der Waals surface area contributed by atoms with Crippen molar-refractivity contribution in [3.05, 3.63) is 57.3 Å². The molecule has 2 rings (SSSR count). The molecule has 0 spiro atoms. The van der Waals surface area contributed by atoms with Gasteiger partial charge in [0.15, 0.2) is 6.61 Å². The van der Waals surface area contributed by atoms with Crippen LogP contribution in [0.25, 0.3) is 0 Å². The molecule has 0 aliphatic heterocycles. The lowest BCUT2D eigenvalue weighted by Gasteiger charge is -2.10. The van der Waals surface area contributed by atoms with Gasteiger partial charge in [0.05, 0.1) is 5.56 Å². The molecule has 0 unspecified atom stereocenters. The summed E-state index contributed by atoms with van der Waals surface area (Å²) in [6.45, 7) is 4.96. The Bertz CT molecular complexity index is 926. The van der Waals surface area contributed by atoms with Crippen LogP contribution in [0.3, 0.4) is 0 Å². The molecule has 0 aliphatic carbocycles. The van der Waals surface area contributed by atoms with Crippen LogP contribution >= 0.6 is 0 Å². The summed E-state index contributed by atoms with van der Waals surface area (Å²) >= 11 is 0. The number of carbonyl (C=O) groups is 2. The molecule has 2 aromatic heterocycles. The SMILES string of the molecule is CCn1c(C)cc(C(=O)COC(=O)Cn2cc(C(F)(F)F)ccc2=O)c1C. The number of Topliss-reactive ketones (excluding diaryl/α,β-unsaturated/α-hetero) is 1. The van der Waals surface area contributed by atoms with E-state index in [-0.39, 0.29) is 0 Å². The number of ether oxygens (including phenoxy) is 1. The lowest BCUT2D eigenvalue weighted by Crippen LogP contribution is -2.27. The standard InChI is InChI=1S/C18H19F3N2O4/c1-4-23-11(2)7-14(12(23)3)15(24)10-27-17(26)9-22-8-13(18(19,20)21)5-6-16(22)25/h5-8H,4,9-10H2,1-3H3. The Morgan fingerprint density at radius 3 is 2.41 bits per heavy atom. The van der Waals surface area contributed by atoms with Gasteiger partial charge in [0.2, 0.25) is 5.78 Å². The fraction of sp³-hybridized carbons (Fsp3) is 0.389. The molecule has 0 aliphatic rings. The van der Waals surface area contributed by atoms with Crippen LogP contribution < -0.4 is 5.56 Å². The number of hydrogen-bond acceptors (Lipinski definition) is 4. The third-order valence-electron chi connectivity index (χ3n) is 4.16. The lowest BCUT2D eigenvalue weighted by atomic mass is 10.1. The third-order valence-corrected chi connectivity index (χ3v) is 4.16. The summed E-state index contributed by atoms with van der Waals surface area (Å²) < 4.78 is 45.5. The van der Waals surface area contributed by atoms with E-state index in [1.165, 1.54) is 0 Å². The zero-order chi connectivity index (χ0) is 20.4. The predicted molar refractivity (Wildman–Crippen MR) is 90.6 cm³/mol. The van der Waals surface area contributed by atoms with Gasteiger partial charge in [-0.05, 0) is 32.9 Å². The van der Waals surface area contributed by atoms with E-state index in [9.17, 15) is 27.6 Å². The number of aromatic nitrogens is 2. The number of nitrogens with zero attached hydrogens (tertiary/aromatic N) is 2. The topological polar surface area (TPSA) is 70.3 Å². The zero-order valence-corrected chi connectivity index (χ0v) is 15.1. The average molecular weight is 384 g/mol. The van der Waals surface area contributed by atoms with Crippen molar-refractivity contribution >= 4 is 11.8 Å². The molecule has 0 saturated heterocycles. The molecule has 0 amide bonds. The van der Waals surface area contributed by atoms with Gasteiger partial charge >= 0.3 is 12.1 Å². The summed E-state index contributed by atoms with van der Waals surface area (Å²) in [7, 11) is 0. The maximum atomic E-state index is 12.7. The highest BCUT2D eigenvalue weighted by molar-refractivity contribution is 5.99. The minimum absolute atomic E-state index is 0.415. The van der Waals surface area contributed by atoms with E-state index < -0.39 is 42.2 Å². The number of ketones is 1. The van der Waals surface area contributed by atoms with Gasteiger partial charge in [-0.3, -0.25) is 14.4 Å². The van der Waals surface area contributed by atoms with E-state index in [4.69, 9.17) is 4.74 Å². The number of rotatable bonds is 6. The van der Waals surface area contributed by atoms with E-state index in [1.807, 2.05) is 18.4 Å². The number of carbonyl (C=O) groups excluding carboxylic acids is 2. The van der Waals surface area contributed by atoms with Crippen LogP contribution in [-0.4, -0.2) is 27.5 Å². The second kappa shape index (κ2) is 7.81. The first-order chi connectivity index (χ1) is 12.5. The molecule has 27 heavy (non-hydrogen) atoms. The van der Waals surface area contributed by atoms with Gasteiger partial charge < -0.3 is 13.9 Å². The van der Waals surface area contributed by atoms with E-state index in [1.54, 1.807) is 13.0 Å². The van der Waals surface area contributed by atoms with Crippen LogP contribution in [0.5, 0.6) is 0 Å². The minimum Gasteiger partial charge on any atom is -0.456 e. The monoisotopic (exact) mass is 384 g/mol. The predicted octanol–water partition coefficient (Wildman–Crippen LogP) is 2.73. The lowest BCUT2D eigenvalue weighted by molar-refractivity contribution is -0.144. The summed E-state index contributed by atoms with van der Waals surface area (Å²) in [5.74, 6) is -1.40. The van der Waals surface area contributed by atoms with Gasteiger partial charge in [0, 0.05) is 35.8 Å². The first-order valence-electron chi connectivity index (χ1n) is 8.17. The van der Waals surface area contributed by atoms with Gasteiger partial charge in [-0.25, -0.2) is 0 Å². The molecule has 2 heterocycles. The van der Waals surface area contributed by atoms with E-state index in [0.717, 1.165) is 17.5 Å². The van der Waals surface area contributed by atoms with Crippen LogP contribution in [0.1, 0.15) is 34.2 Å². The molecule has 0 saturated carbocycles. The third kappa shape index (κ3) is 4.66. The maximum absolute atomic E-state index is 12.7. The van der Waals surface area contributed by atoms with Gasteiger partial charge in [0.25, 0.3) is 5.56 Å². The number of pyridine rings is 1. The molecule has 0 fully saturated rings. The summed E-state index contributed by atoms with van der Waals surface area (Å²) in [6.07, 6.45) is -4.10. The first-order valence-corrected chi connectivity index (χ1v) is 8.17. The molecular weight excluding hydrogens is 365 g/mol. The second-order valence-electron chi connectivity index (χ2n) is 5.99. The zero-order valence-electron chi connectivity index (χ0n) is 15.1. The fourth-order valence-corrected chi connectivity index (χ4v) is 2.80. The van der Waals surface area contributed by atoms with Crippen LogP contribution in [0.2, 0.25) is 0 Å². The largest absolute Gasteiger partial charge is 0.456 e. The highest BCUT2D eigenvalue weighted by Gasteiger charge is 2.31. The highest BCUT2D eigenvalue weighted by atomic mass is 19.4. The van der Waals surface area contributed by atoms with Gasteiger partial charge in [0.1, 0.15) is 6.54 Å². The molecule has 146 valence electrons. The summed E-state index contributed by atoms with van der Waals surface area (Å²) in [6, 6.07) is 3.05. The molecule has 0 aromatic carbocycles. The molecule has 0 N–H and O–H groups in total. The van der Waals surface area contributed by atoms with Crippen molar-refractivity contribution in [2.75, 3.05) is 6.61 Å². The van der Waals surface area contributed by atoms with Gasteiger partial charge in [-0.2, -0.15) is 13.2 Å². The van der Waals surface area contributed by atoms with Crippen molar-refractivity contribution in [1.82, 2.24) is 9.13 Å². The van der Waals surface area contributed by atoms with Crippen molar-refractivity contribution in [3.8, 4) is 0 Å². The molecule has 0 radical (unpaired) electrons. The normalized spacial score (nSPS) is 11.5. The second-order valence-corrected chi connectivity index (χ2v) is 5.99. The number of hydrogen-bond donors (Lipinski definition) is 0. The van der Waals surface area contributed by atoms with Crippen molar-refractivity contribution < 1.29 is 27.5 Å². The van der Waals surface area contributed by atoms with Crippen molar-refractivity contribution in [2.24, 2.45) is 0 Å². The Morgan fingerprint density at radius 2 is 1.85 bits per heavy atom. The van der Waals surface area contributed by atoms with Crippen LogP contribution in [0.4, 0.5) is 13.2 Å². The van der Waals surface area contributed by atoms with E-state index >= 15 is 0 Å². The van der Waals surface area contributed by atoms with E-state index in [2.05, 4.69) is 0 Å². The molecule has 0 atom stereocenters. The van der Waals surface area contributed by atoms with E-state index in [0.29, 0.717) is 28.9 Å². The molecule has 6 nitrogen and oxygen atoms in total. The highest BCUT2D eigenvalue weighted by Crippen LogP contribution is 2.28. The molecule has 9 heteroatoms.